The molecule has 0 aliphatic carbocycles. The van der Waals surface area contributed by atoms with Gasteiger partial charge in [0.15, 0.2) is 0 Å². The van der Waals surface area contributed by atoms with Gasteiger partial charge in [-0.05, 0) is 0 Å². The molecular weight excluding hydrogens is 365 g/mol. The monoisotopic (exact) mass is 369 g/mol. The van der Waals surface area contributed by atoms with Crippen LogP contribution >= 0.6 is 0 Å². The molecule has 1 unspecified atom stereocenters. The van der Waals surface area contributed by atoms with Gasteiger partial charge in [-0.1, -0.05) is 0 Å². The zero-order valence-electron chi connectivity index (χ0n) is 7.86. The van der Waals surface area contributed by atoms with Crippen molar-refractivity contribution in [3.63, 3.8) is 0 Å². The van der Waals surface area contributed by atoms with Crippen molar-refractivity contribution in [2.24, 2.45) is 0 Å². The first-order valence-corrected chi connectivity index (χ1v) is 6.24. The normalized spacial score (nSPS) is 20.9. The van der Waals surface area contributed by atoms with Gasteiger partial charge in [0, 0.05) is 0 Å². The number of halogens is 7. The fourth-order valence-electron chi connectivity index (χ4n) is 1.47. The fraction of sp³-hybridized carbons (Fsp3) is 0.333. The van der Waals surface area contributed by atoms with Gasteiger partial charge in [0.05, 0.1) is 0 Å². The number of alkyl halides is 6. The van der Waals surface area contributed by atoms with Crippen molar-refractivity contribution in [1.82, 2.24) is 0 Å². The fourth-order valence-corrected chi connectivity index (χ4v) is 3.71. The molecule has 1 aromatic rings. The summed E-state index contributed by atoms with van der Waals surface area (Å²) in [6, 6.07) is 3.00. The zero-order valence-corrected chi connectivity index (χ0v) is 10.0. The Balaban J connectivity index is 2.57. The van der Waals surface area contributed by atoms with Crippen LogP contribution in [0.3, 0.4) is 0 Å². The molecule has 0 saturated carbocycles. The first-order valence-electron chi connectivity index (χ1n) is 4.28. The summed E-state index contributed by atoms with van der Waals surface area (Å²) in [4.78, 5) is 0. The Morgan fingerprint density at radius 2 is 1.71 bits per heavy atom. The SMILES string of the molecule is FC(F)(F)c1cccc2c1C(C(F)(F)F)O[I-]2. The van der Waals surface area contributed by atoms with Crippen molar-refractivity contribution >= 4 is 0 Å². The molecule has 8 heteroatoms. The maximum absolute atomic E-state index is 12.6. The number of fused-ring (bicyclic) bond motifs is 1. The van der Waals surface area contributed by atoms with E-state index in [1.54, 1.807) is 0 Å². The molecule has 1 aromatic carbocycles. The van der Waals surface area contributed by atoms with Gasteiger partial charge in [-0.3, -0.25) is 0 Å². The topological polar surface area (TPSA) is 9.23 Å². The summed E-state index contributed by atoms with van der Waals surface area (Å²) >= 11 is -1.47. The van der Waals surface area contributed by atoms with Crippen molar-refractivity contribution in [1.29, 1.82) is 0 Å². The maximum atomic E-state index is 12.6. The molecule has 1 heterocycles. The molecule has 0 amide bonds. The second kappa shape index (κ2) is 4.01. The van der Waals surface area contributed by atoms with E-state index in [0.29, 0.717) is 6.07 Å². The van der Waals surface area contributed by atoms with Crippen LogP contribution in [0, 0.1) is 3.57 Å². The molecule has 0 radical (unpaired) electrons. The molecule has 0 bridgehead atoms. The first-order chi connectivity index (χ1) is 7.71. The second-order valence-electron chi connectivity index (χ2n) is 3.29. The van der Waals surface area contributed by atoms with Gasteiger partial charge in [-0.15, -0.1) is 0 Å². The van der Waals surface area contributed by atoms with Crippen molar-refractivity contribution in [3.8, 4) is 0 Å². The van der Waals surface area contributed by atoms with Gasteiger partial charge in [-0.2, -0.15) is 0 Å². The summed E-state index contributed by atoms with van der Waals surface area (Å²) in [5, 5.41) is 0. The zero-order chi connectivity index (χ0) is 12.8. The third-order valence-electron chi connectivity index (χ3n) is 2.13. The number of hydrogen-bond acceptors (Lipinski definition) is 1. The Hall–Kier alpha value is -0.510. The van der Waals surface area contributed by atoms with E-state index in [9.17, 15) is 26.3 Å². The molecule has 17 heavy (non-hydrogen) atoms. The molecule has 0 N–H and O–H groups in total. The van der Waals surface area contributed by atoms with E-state index in [1.165, 1.54) is 6.07 Å². The Morgan fingerprint density at radius 1 is 1.06 bits per heavy atom. The summed E-state index contributed by atoms with van der Waals surface area (Å²) in [6.45, 7) is 0. The van der Waals surface area contributed by atoms with Gasteiger partial charge < -0.3 is 0 Å². The molecule has 96 valence electrons. The molecule has 0 aromatic heterocycles. The average molecular weight is 369 g/mol. The quantitative estimate of drug-likeness (QED) is 0.479. The van der Waals surface area contributed by atoms with Crippen LogP contribution < -0.4 is 21.6 Å². The summed E-state index contributed by atoms with van der Waals surface area (Å²) in [5.41, 5.74) is -2.02. The Kier molecular flexibility index (Phi) is 3.05. The molecule has 0 fully saturated rings. The Bertz CT molecular complexity index is 438. The number of rotatable bonds is 0. The molecular formula is C9H4F6IO-. The molecule has 1 atom stereocenters. The van der Waals surface area contributed by atoms with E-state index in [-0.39, 0.29) is 3.57 Å². The Labute approximate surface area is 103 Å². The summed E-state index contributed by atoms with van der Waals surface area (Å²) in [5.74, 6) is 0. The van der Waals surface area contributed by atoms with E-state index < -0.39 is 51.2 Å². The summed E-state index contributed by atoms with van der Waals surface area (Å²) in [6.07, 6.45) is -12.1. The molecule has 1 aliphatic heterocycles. The second-order valence-corrected chi connectivity index (χ2v) is 5.40. The van der Waals surface area contributed by atoms with Crippen LogP contribution in [-0.4, -0.2) is 6.18 Å². The van der Waals surface area contributed by atoms with E-state index in [1.807, 2.05) is 0 Å². The summed E-state index contributed by atoms with van der Waals surface area (Å²) in [7, 11) is 0. The minimum absolute atomic E-state index is 0.0425. The van der Waals surface area contributed by atoms with Gasteiger partial charge >= 0.3 is 102 Å². The van der Waals surface area contributed by atoms with Crippen molar-refractivity contribution < 1.29 is 51.0 Å². The first kappa shape index (κ1) is 12.9. The molecule has 0 spiro atoms. The molecule has 0 saturated heterocycles. The standard InChI is InChI=1S/C9H4F6IO/c10-8(11,12)4-2-1-3-5-6(4)7(17-16-5)9(13,14)15/h1-3,7H/q-1. The van der Waals surface area contributed by atoms with Gasteiger partial charge in [-0.25, -0.2) is 0 Å². The number of hydrogen-bond donors (Lipinski definition) is 0. The van der Waals surface area contributed by atoms with Crippen molar-refractivity contribution in [2.45, 2.75) is 18.5 Å². The van der Waals surface area contributed by atoms with Gasteiger partial charge in [0.1, 0.15) is 0 Å². The van der Waals surface area contributed by atoms with Gasteiger partial charge in [0.25, 0.3) is 0 Å². The van der Waals surface area contributed by atoms with Crippen LogP contribution in [0.5, 0.6) is 0 Å². The van der Waals surface area contributed by atoms with Crippen LogP contribution in [0.2, 0.25) is 0 Å². The average Bonchev–Trinajstić information content (AvgIpc) is 2.57. The van der Waals surface area contributed by atoms with Crippen LogP contribution in [0.25, 0.3) is 0 Å². The van der Waals surface area contributed by atoms with Crippen LogP contribution in [-0.2, 0) is 9.24 Å². The van der Waals surface area contributed by atoms with Crippen molar-refractivity contribution in [3.05, 3.63) is 32.9 Å². The summed E-state index contributed by atoms with van der Waals surface area (Å²) < 4.78 is 79.9. The third-order valence-corrected chi connectivity index (χ3v) is 4.31. The predicted molar refractivity (Wildman–Crippen MR) is 40.0 cm³/mol. The van der Waals surface area contributed by atoms with E-state index in [4.69, 9.17) is 0 Å². The Morgan fingerprint density at radius 3 is 2.24 bits per heavy atom. The molecule has 1 aliphatic rings. The van der Waals surface area contributed by atoms with E-state index in [0.717, 1.165) is 6.07 Å². The number of benzene rings is 1. The third kappa shape index (κ3) is 2.37. The van der Waals surface area contributed by atoms with Crippen LogP contribution in [0.15, 0.2) is 18.2 Å². The van der Waals surface area contributed by atoms with Crippen LogP contribution in [0.4, 0.5) is 26.3 Å². The molecule has 2 rings (SSSR count). The van der Waals surface area contributed by atoms with Gasteiger partial charge in [0.2, 0.25) is 0 Å². The van der Waals surface area contributed by atoms with E-state index in [2.05, 4.69) is 3.07 Å². The van der Waals surface area contributed by atoms with Crippen molar-refractivity contribution in [2.75, 3.05) is 0 Å². The van der Waals surface area contributed by atoms with E-state index >= 15 is 0 Å². The van der Waals surface area contributed by atoms with Crippen LogP contribution in [0.1, 0.15) is 17.2 Å². The minimum atomic E-state index is -4.81. The predicted octanol–water partition coefficient (Wildman–Crippen LogP) is 0.513. The molecule has 1 nitrogen and oxygen atoms in total.